The number of carboxylic acid groups (broad SMARTS) is 1. The first kappa shape index (κ1) is 22.6. The highest BCUT2D eigenvalue weighted by Crippen LogP contribution is 2.26. The number of carbonyl (C=O) groups is 2. The number of benzene rings is 2. The molecule has 2 amide bonds. The number of nitrogens with zero attached hydrogens (tertiary/aromatic N) is 1. The molecule has 6 nitrogen and oxygen atoms in total. The third-order valence-corrected chi connectivity index (χ3v) is 5.42. The van der Waals surface area contributed by atoms with E-state index in [0.29, 0.717) is 6.54 Å². The predicted molar refractivity (Wildman–Crippen MR) is 109 cm³/mol. The highest BCUT2D eigenvalue weighted by Gasteiger charge is 2.38. The summed E-state index contributed by atoms with van der Waals surface area (Å²) in [6.07, 6.45) is -3.18. The van der Waals surface area contributed by atoms with E-state index in [1.165, 1.54) is 22.3 Å². The second-order valence-corrected chi connectivity index (χ2v) is 7.48. The van der Waals surface area contributed by atoms with Gasteiger partial charge in [0.2, 0.25) is 0 Å². The summed E-state index contributed by atoms with van der Waals surface area (Å²) in [5.74, 6) is -2.76. The van der Waals surface area contributed by atoms with Crippen LogP contribution in [0.15, 0.2) is 42.5 Å². The van der Waals surface area contributed by atoms with Crippen LogP contribution < -0.4 is 10.6 Å². The lowest BCUT2D eigenvalue weighted by atomic mass is 9.93. The number of rotatable bonds is 2. The van der Waals surface area contributed by atoms with Crippen LogP contribution in [0.25, 0.3) is 0 Å². The Morgan fingerprint density at radius 3 is 2.39 bits per heavy atom. The molecule has 3 N–H and O–H groups in total. The van der Waals surface area contributed by atoms with Crippen molar-refractivity contribution in [1.29, 1.82) is 0 Å². The van der Waals surface area contributed by atoms with Crippen molar-refractivity contribution in [2.24, 2.45) is 0 Å². The molecule has 2 aromatic carbocycles. The van der Waals surface area contributed by atoms with Crippen molar-refractivity contribution in [3.05, 3.63) is 64.7 Å². The molecule has 0 aliphatic carbocycles. The van der Waals surface area contributed by atoms with Gasteiger partial charge in [0.15, 0.2) is 0 Å². The Bertz CT molecular complexity index is 963. The summed E-state index contributed by atoms with van der Waals surface area (Å²) in [5, 5.41) is 13.6. The summed E-state index contributed by atoms with van der Waals surface area (Å²) in [5.41, 5.74) is 6.12. The number of carbonyl (C=O) groups excluding carboxylic acids is 1. The van der Waals surface area contributed by atoms with Crippen LogP contribution in [0.1, 0.15) is 35.6 Å². The van der Waals surface area contributed by atoms with E-state index in [1.807, 2.05) is 11.0 Å². The van der Waals surface area contributed by atoms with Gasteiger partial charge >= 0.3 is 18.2 Å². The van der Waals surface area contributed by atoms with Gasteiger partial charge in [0.1, 0.15) is 0 Å². The fourth-order valence-electron chi connectivity index (χ4n) is 3.76. The molecule has 0 saturated carbocycles. The third-order valence-electron chi connectivity index (χ3n) is 5.42. The van der Waals surface area contributed by atoms with E-state index in [0.717, 1.165) is 31.6 Å². The van der Waals surface area contributed by atoms with E-state index in [1.54, 1.807) is 0 Å². The molecule has 4 rings (SSSR count). The van der Waals surface area contributed by atoms with E-state index in [9.17, 15) is 18.0 Å². The SMILES string of the molecule is CCC1Cc2ccccc2CN1C(=O)Nc1ccc2c(c1)CNC2.O=C(O)C(F)(F)F. The average molecular weight is 435 g/mol. The summed E-state index contributed by atoms with van der Waals surface area (Å²) >= 11 is 0. The minimum Gasteiger partial charge on any atom is -0.475 e. The smallest absolute Gasteiger partial charge is 0.475 e. The number of aliphatic carboxylic acids is 1. The quantitative estimate of drug-likeness (QED) is 0.657. The molecule has 0 aromatic heterocycles. The predicted octanol–water partition coefficient (Wildman–Crippen LogP) is 4.29. The first-order chi connectivity index (χ1) is 14.7. The number of hydrogen-bond donors (Lipinski definition) is 3. The fourth-order valence-corrected chi connectivity index (χ4v) is 3.76. The Morgan fingerprint density at radius 1 is 1.10 bits per heavy atom. The summed E-state index contributed by atoms with van der Waals surface area (Å²) in [7, 11) is 0. The highest BCUT2D eigenvalue weighted by molar-refractivity contribution is 5.90. The molecule has 0 bridgehead atoms. The number of fused-ring (bicyclic) bond motifs is 2. The molecular formula is C22H24F3N3O3. The summed E-state index contributed by atoms with van der Waals surface area (Å²) in [4.78, 5) is 23.7. The van der Waals surface area contributed by atoms with Crippen molar-refractivity contribution in [1.82, 2.24) is 10.2 Å². The van der Waals surface area contributed by atoms with Crippen LogP contribution in [-0.4, -0.2) is 34.2 Å². The Balaban J connectivity index is 0.000000339. The molecule has 1 atom stereocenters. The first-order valence-electron chi connectivity index (χ1n) is 9.96. The number of alkyl halides is 3. The maximum atomic E-state index is 12.8. The van der Waals surface area contributed by atoms with Crippen molar-refractivity contribution in [2.75, 3.05) is 5.32 Å². The Hall–Kier alpha value is -3.07. The summed E-state index contributed by atoms with van der Waals surface area (Å²) in [6, 6.07) is 14.9. The van der Waals surface area contributed by atoms with Gasteiger partial charge in [-0.2, -0.15) is 13.2 Å². The standard InChI is InChI=1S/C20H23N3O.C2HF3O2/c1-2-19-10-14-5-3-4-6-16(14)13-23(19)20(24)22-18-8-7-15-11-21-12-17(15)9-18;3-2(4,5)1(6)7/h3-9,19,21H,2,10-13H2,1H3,(H,22,24);(H,6,7). The molecule has 0 saturated heterocycles. The third kappa shape index (κ3) is 5.55. The zero-order valence-electron chi connectivity index (χ0n) is 17.0. The number of nitrogens with one attached hydrogen (secondary N) is 2. The largest absolute Gasteiger partial charge is 0.490 e. The van der Waals surface area contributed by atoms with E-state index >= 15 is 0 Å². The van der Waals surface area contributed by atoms with Gasteiger partial charge in [0, 0.05) is 31.4 Å². The van der Waals surface area contributed by atoms with Gasteiger partial charge < -0.3 is 20.6 Å². The molecule has 166 valence electrons. The zero-order chi connectivity index (χ0) is 22.6. The molecule has 1 unspecified atom stereocenters. The Kier molecular flexibility index (Phi) is 6.84. The van der Waals surface area contributed by atoms with E-state index in [2.05, 4.69) is 54.0 Å². The molecule has 31 heavy (non-hydrogen) atoms. The molecule has 2 heterocycles. The molecule has 0 radical (unpaired) electrons. The number of urea groups is 1. The van der Waals surface area contributed by atoms with Gasteiger partial charge in [-0.15, -0.1) is 0 Å². The fraction of sp³-hybridized carbons (Fsp3) is 0.364. The van der Waals surface area contributed by atoms with E-state index in [4.69, 9.17) is 9.90 Å². The number of hydrogen-bond acceptors (Lipinski definition) is 3. The lowest BCUT2D eigenvalue weighted by molar-refractivity contribution is -0.192. The Morgan fingerprint density at radius 2 is 1.74 bits per heavy atom. The van der Waals surface area contributed by atoms with E-state index in [-0.39, 0.29) is 12.1 Å². The van der Waals surface area contributed by atoms with Crippen molar-refractivity contribution >= 4 is 17.7 Å². The van der Waals surface area contributed by atoms with Crippen LogP contribution >= 0.6 is 0 Å². The van der Waals surface area contributed by atoms with Crippen molar-refractivity contribution < 1.29 is 27.9 Å². The van der Waals surface area contributed by atoms with Gasteiger partial charge in [-0.05, 0) is 47.2 Å². The topological polar surface area (TPSA) is 81.7 Å². The molecule has 0 fully saturated rings. The molecular weight excluding hydrogens is 411 g/mol. The van der Waals surface area contributed by atoms with Crippen molar-refractivity contribution in [3.8, 4) is 0 Å². The first-order valence-corrected chi connectivity index (χ1v) is 9.96. The molecule has 2 aliphatic rings. The maximum absolute atomic E-state index is 12.8. The van der Waals surface area contributed by atoms with Gasteiger partial charge in [-0.3, -0.25) is 0 Å². The minimum atomic E-state index is -5.08. The monoisotopic (exact) mass is 435 g/mol. The summed E-state index contributed by atoms with van der Waals surface area (Å²) < 4.78 is 31.7. The second kappa shape index (κ2) is 9.38. The number of amides is 2. The lowest BCUT2D eigenvalue weighted by Crippen LogP contribution is -2.46. The zero-order valence-corrected chi connectivity index (χ0v) is 17.0. The van der Waals surface area contributed by atoms with Crippen LogP contribution in [0.3, 0.4) is 0 Å². The molecule has 2 aliphatic heterocycles. The number of halogens is 3. The van der Waals surface area contributed by atoms with E-state index < -0.39 is 12.1 Å². The lowest BCUT2D eigenvalue weighted by Gasteiger charge is -2.36. The minimum absolute atomic E-state index is 0.00209. The van der Waals surface area contributed by atoms with Crippen molar-refractivity contribution in [2.45, 2.75) is 51.6 Å². The summed E-state index contributed by atoms with van der Waals surface area (Å²) in [6.45, 7) is 4.64. The Labute approximate surface area is 178 Å². The van der Waals surface area contributed by atoms with Crippen LogP contribution in [0.5, 0.6) is 0 Å². The normalized spacial score (nSPS) is 17.2. The molecule has 9 heteroatoms. The van der Waals surface area contributed by atoms with Gasteiger partial charge in [-0.25, -0.2) is 9.59 Å². The van der Waals surface area contributed by atoms with Crippen molar-refractivity contribution in [3.63, 3.8) is 0 Å². The number of carboxylic acids is 1. The number of anilines is 1. The maximum Gasteiger partial charge on any atom is 0.490 e. The van der Waals surface area contributed by atoms with Gasteiger partial charge in [-0.1, -0.05) is 37.3 Å². The van der Waals surface area contributed by atoms with Crippen LogP contribution in [-0.2, 0) is 30.8 Å². The van der Waals surface area contributed by atoms with Crippen LogP contribution in [0.4, 0.5) is 23.7 Å². The second-order valence-electron chi connectivity index (χ2n) is 7.48. The molecule has 0 spiro atoms. The van der Waals surface area contributed by atoms with Crippen LogP contribution in [0, 0.1) is 0 Å². The average Bonchev–Trinajstić information content (AvgIpc) is 3.20. The van der Waals surface area contributed by atoms with Crippen LogP contribution in [0.2, 0.25) is 0 Å². The molecule has 2 aromatic rings. The highest BCUT2D eigenvalue weighted by atomic mass is 19.4. The van der Waals surface area contributed by atoms with Gasteiger partial charge in [0.05, 0.1) is 0 Å². The van der Waals surface area contributed by atoms with Gasteiger partial charge in [0.25, 0.3) is 0 Å².